The number of aryl methyl sites for hydroxylation is 1. The Hall–Kier alpha value is -1.36. The summed E-state index contributed by atoms with van der Waals surface area (Å²) >= 11 is 0. The molecule has 1 unspecified atom stereocenters. The van der Waals surface area contributed by atoms with Gasteiger partial charge < -0.3 is 4.74 Å². The average Bonchev–Trinajstić information content (AvgIpc) is 2.66. The van der Waals surface area contributed by atoms with Gasteiger partial charge in [-0.1, -0.05) is 0 Å². The molecular formula is C11H20N3O2+. The quantitative estimate of drug-likeness (QED) is 0.707. The second-order valence-corrected chi connectivity index (χ2v) is 3.86. The van der Waals surface area contributed by atoms with Gasteiger partial charge in [0, 0.05) is 13.7 Å². The van der Waals surface area contributed by atoms with Crippen LogP contribution in [-0.4, -0.2) is 41.8 Å². The van der Waals surface area contributed by atoms with Crippen LogP contribution in [0.3, 0.4) is 0 Å². The Morgan fingerprint density at radius 3 is 2.75 bits per heavy atom. The molecule has 0 radical (unpaired) electrons. The van der Waals surface area contributed by atoms with E-state index in [1.165, 1.54) is 0 Å². The molecule has 0 saturated heterocycles. The molecule has 0 aliphatic carbocycles. The minimum absolute atomic E-state index is 0.0207. The monoisotopic (exact) mass is 226 g/mol. The van der Waals surface area contributed by atoms with E-state index in [-0.39, 0.29) is 12.1 Å². The molecule has 0 saturated carbocycles. The summed E-state index contributed by atoms with van der Waals surface area (Å²) in [5.74, 6) is 0. The number of likely N-dealkylation sites (N-methyl/N-ethyl adjacent to an activating group) is 1. The highest BCUT2D eigenvalue weighted by Crippen LogP contribution is 2.03. The Morgan fingerprint density at radius 2 is 2.31 bits per heavy atom. The highest BCUT2D eigenvalue weighted by atomic mass is 16.5. The van der Waals surface area contributed by atoms with Crippen LogP contribution >= 0.6 is 0 Å². The molecule has 1 amide bonds. The van der Waals surface area contributed by atoms with Crippen molar-refractivity contribution in [3.05, 3.63) is 18.7 Å². The van der Waals surface area contributed by atoms with Crippen LogP contribution < -0.4 is 4.57 Å². The van der Waals surface area contributed by atoms with E-state index in [0.717, 1.165) is 0 Å². The van der Waals surface area contributed by atoms with Crippen molar-refractivity contribution in [2.45, 2.75) is 19.9 Å². The van der Waals surface area contributed by atoms with Crippen LogP contribution in [0.4, 0.5) is 4.79 Å². The summed E-state index contributed by atoms with van der Waals surface area (Å²) in [5, 5.41) is 0. The minimum atomic E-state index is -0.0207. The van der Waals surface area contributed by atoms with Crippen molar-refractivity contribution in [3.8, 4) is 0 Å². The van der Waals surface area contributed by atoms with Crippen molar-refractivity contribution in [2.75, 3.05) is 20.3 Å². The average molecular weight is 226 g/mol. The fourth-order valence-electron chi connectivity index (χ4n) is 1.68. The van der Waals surface area contributed by atoms with Crippen LogP contribution in [0.15, 0.2) is 18.7 Å². The van der Waals surface area contributed by atoms with Crippen LogP contribution in [0.2, 0.25) is 0 Å². The van der Waals surface area contributed by atoms with Gasteiger partial charge in [0.15, 0.2) is 0 Å². The maximum Gasteiger partial charge on any atom is 0.416 e. The fraction of sp³-hybridized carbons (Fsp3) is 0.636. The standard InChI is InChI=1S/C11H20N3O2/c1-5-14(10(2)8-16-4)11(15)13-7-6-12(3)9-13/h6-7,9-10H,5,8H2,1-4H3/q+1. The highest BCUT2D eigenvalue weighted by molar-refractivity contribution is 5.76. The molecule has 1 aromatic heterocycles. The van der Waals surface area contributed by atoms with Gasteiger partial charge in [-0.25, -0.2) is 9.36 Å². The first-order chi connectivity index (χ1) is 7.60. The van der Waals surface area contributed by atoms with Crippen LogP contribution in [0.1, 0.15) is 13.8 Å². The Kier molecular flexibility index (Phi) is 4.49. The molecule has 0 aliphatic rings. The fourth-order valence-corrected chi connectivity index (χ4v) is 1.68. The Balaban J connectivity index is 2.77. The van der Waals surface area contributed by atoms with Gasteiger partial charge in [0.2, 0.25) is 0 Å². The summed E-state index contributed by atoms with van der Waals surface area (Å²) < 4.78 is 8.49. The predicted octanol–water partition coefficient (Wildman–Crippen LogP) is 0.637. The van der Waals surface area contributed by atoms with Crippen LogP contribution in [-0.2, 0) is 11.8 Å². The Labute approximate surface area is 96.2 Å². The second kappa shape index (κ2) is 5.65. The molecule has 5 nitrogen and oxygen atoms in total. The van der Waals surface area contributed by atoms with Crippen molar-refractivity contribution in [2.24, 2.45) is 7.05 Å². The summed E-state index contributed by atoms with van der Waals surface area (Å²) in [4.78, 5) is 13.9. The number of carbonyl (C=O) groups excluding carboxylic acids is 1. The number of nitrogens with zero attached hydrogens (tertiary/aromatic N) is 3. The van der Waals surface area contributed by atoms with E-state index in [2.05, 4.69) is 0 Å². The number of amides is 1. The SMILES string of the molecule is CCN(C(=O)n1cc[n+](C)c1)C(C)COC. The third kappa shape index (κ3) is 2.82. The van der Waals surface area contributed by atoms with Gasteiger partial charge in [0.25, 0.3) is 6.33 Å². The molecule has 16 heavy (non-hydrogen) atoms. The van der Waals surface area contributed by atoms with Gasteiger partial charge in [-0.05, 0) is 13.8 Å². The van der Waals surface area contributed by atoms with Crippen LogP contribution in [0, 0.1) is 0 Å². The molecule has 0 N–H and O–H groups in total. The zero-order chi connectivity index (χ0) is 12.1. The first-order valence-electron chi connectivity index (χ1n) is 5.43. The third-order valence-electron chi connectivity index (χ3n) is 2.52. The van der Waals surface area contributed by atoms with Crippen molar-refractivity contribution in [1.29, 1.82) is 0 Å². The maximum absolute atomic E-state index is 12.1. The molecule has 0 spiro atoms. The zero-order valence-electron chi connectivity index (χ0n) is 10.4. The summed E-state index contributed by atoms with van der Waals surface area (Å²) in [7, 11) is 3.53. The number of ether oxygens (including phenoxy) is 1. The molecule has 0 aromatic carbocycles. The largest absolute Gasteiger partial charge is 0.416 e. The molecule has 5 heteroatoms. The lowest BCUT2D eigenvalue weighted by Crippen LogP contribution is -2.43. The zero-order valence-corrected chi connectivity index (χ0v) is 10.4. The van der Waals surface area contributed by atoms with Gasteiger partial charge in [-0.2, -0.15) is 4.57 Å². The molecular weight excluding hydrogens is 206 g/mol. The third-order valence-corrected chi connectivity index (χ3v) is 2.52. The molecule has 0 aliphatic heterocycles. The van der Waals surface area contributed by atoms with Gasteiger partial charge in [-0.3, -0.25) is 4.90 Å². The topological polar surface area (TPSA) is 38.4 Å². The van der Waals surface area contributed by atoms with E-state index < -0.39 is 0 Å². The Morgan fingerprint density at radius 1 is 1.62 bits per heavy atom. The predicted molar refractivity (Wildman–Crippen MR) is 60.1 cm³/mol. The van der Waals surface area contributed by atoms with E-state index in [1.807, 2.05) is 31.7 Å². The lowest BCUT2D eigenvalue weighted by atomic mass is 10.3. The van der Waals surface area contributed by atoms with Crippen LogP contribution in [0.25, 0.3) is 0 Å². The van der Waals surface area contributed by atoms with E-state index in [1.54, 1.807) is 29.1 Å². The lowest BCUT2D eigenvalue weighted by Gasteiger charge is -2.24. The number of imidazole rings is 1. The summed E-state index contributed by atoms with van der Waals surface area (Å²) in [6.07, 6.45) is 5.35. The van der Waals surface area contributed by atoms with Crippen LogP contribution in [0.5, 0.6) is 0 Å². The summed E-state index contributed by atoms with van der Waals surface area (Å²) in [6.45, 7) is 5.17. The van der Waals surface area contributed by atoms with Crippen molar-refractivity contribution in [3.63, 3.8) is 0 Å². The number of carbonyl (C=O) groups is 1. The van der Waals surface area contributed by atoms with Gasteiger partial charge in [0.05, 0.1) is 19.7 Å². The normalized spacial score (nSPS) is 12.5. The number of aromatic nitrogens is 2. The molecule has 1 atom stereocenters. The van der Waals surface area contributed by atoms with Gasteiger partial charge in [0.1, 0.15) is 12.4 Å². The molecule has 1 aromatic rings. The second-order valence-electron chi connectivity index (χ2n) is 3.86. The molecule has 90 valence electrons. The van der Waals surface area contributed by atoms with Gasteiger partial charge >= 0.3 is 6.03 Å². The first-order valence-corrected chi connectivity index (χ1v) is 5.43. The lowest BCUT2D eigenvalue weighted by molar-refractivity contribution is -0.670. The number of rotatable bonds is 4. The van der Waals surface area contributed by atoms with E-state index >= 15 is 0 Å². The molecule has 1 rings (SSSR count). The Bertz CT molecular complexity index is 349. The van der Waals surface area contributed by atoms with E-state index in [0.29, 0.717) is 13.2 Å². The van der Waals surface area contributed by atoms with Crippen molar-refractivity contribution < 1.29 is 14.1 Å². The van der Waals surface area contributed by atoms with E-state index in [4.69, 9.17) is 4.74 Å². The molecule has 0 fully saturated rings. The molecule has 0 bridgehead atoms. The number of hydrogen-bond acceptors (Lipinski definition) is 2. The van der Waals surface area contributed by atoms with Crippen molar-refractivity contribution >= 4 is 6.03 Å². The first kappa shape index (κ1) is 12.7. The minimum Gasteiger partial charge on any atom is -0.383 e. The molecule has 1 heterocycles. The number of hydrogen-bond donors (Lipinski definition) is 0. The number of methoxy groups -OCH3 is 1. The summed E-state index contributed by atoms with van der Waals surface area (Å²) in [6, 6.07) is 0.0582. The summed E-state index contributed by atoms with van der Waals surface area (Å²) in [5.41, 5.74) is 0. The maximum atomic E-state index is 12.1. The smallest absolute Gasteiger partial charge is 0.383 e. The highest BCUT2D eigenvalue weighted by Gasteiger charge is 2.23. The van der Waals surface area contributed by atoms with Gasteiger partial charge in [-0.15, -0.1) is 0 Å². The van der Waals surface area contributed by atoms with Crippen molar-refractivity contribution in [1.82, 2.24) is 9.47 Å². The van der Waals surface area contributed by atoms with E-state index in [9.17, 15) is 4.79 Å².